The van der Waals surface area contributed by atoms with Gasteiger partial charge in [0.05, 0.1) is 12.8 Å². The van der Waals surface area contributed by atoms with Gasteiger partial charge in [-0.3, -0.25) is 14.4 Å². The minimum atomic E-state index is -0.194. The summed E-state index contributed by atoms with van der Waals surface area (Å²) in [5, 5.41) is 1.15. The summed E-state index contributed by atoms with van der Waals surface area (Å²) < 4.78 is 0. The Morgan fingerprint density at radius 3 is 2.85 bits per heavy atom. The van der Waals surface area contributed by atoms with Crippen molar-refractivity contribution in [1.82, 2.24) is 5.06 Å². The van der Waals surface area contributed by atoms with Crippen molar-refractivity contribution in [1.29, 1.82) is 0 Å². The predicted octanol–water partition coefficient (Wildman–Crippen LogP) is 1.93. The fourth-order valence-electron chi connectivity index (χ4n) is 2.04. The maximum atomic E-state index is 12.3. The van der Waals surface area contributed by atoms with E-state index in [2.05, 4.69) is 0 Å². The van der Waals surface area contributed by atoms with Crippen LogP contribution in [0.15, 0.2) is 29.2 Å². The van der Waals surface area contributed by atoms with E-state index in [1.807, 2.05) is 24.3 Å². The van der Waals surface area contributed by atoms with Gasteiger partial charge < -0.3 is 4.90 Å². The van der Waals surface area contributed by atoms with Crippen LogP contribution in [0.3, 0.4) is 0 Å². The normalized spacial score (nSPS) is 13.8. The Bertz CT molecular complexity index is 507. The first-order valence-corrected chi connectivity index (χ1v) is 7.45. The lowest BCUT2D eigenvalue weighted by Gasteiger charge is -2.29. The lowest BCUT2D eigenvalue weighted by atomic mass is 10.2. The number of thioether (sulfide) groups is 1. The molecule has 0 unspecified atom stereocenters. The summed E-state index contributed by atoms with van der Waals surface area (Å²) in [5.74, 6) is 0.672. The minimum Gasteiger partial charge on any atom is -0.310 e. The van der Waals surface area contributed by atoms with E-state index < -0.39 is 0 Å². The number of para-hydroxylation sites is 1. The third-order valence-electron chi connectivity index (χ3n) is 3.21. The summed E-state index contributed by atoms with van der Waals surface area (Å²) >= 11 is 1.75. The number of benzene rings is 1. The van der Waals surface area contributed by atoms with Gasteiger partial charge in [0.2, 0.25) is 11.8 Å². The number of fused-ring (bicyclic) bond motifs is 1. The molecule has 0 N–H and O–H groups in total. The number of rotatable bonds is 4. The maximum absolute atomic E-state index is 12.3. The van der Waals surface area contributed by atoms with Gasteiger partial charge in [0.15, 0.2) is 0 Å². The summed E-state index contributed by atoms with van der Waals surface area (Å²) in [6.07, 6.45) is 0.362. The van der Waals surface area contributed by atoms with Gasteiger partial charge >= 0.3 is 0 Å². The number of amides is 2. The lowest BCUT2D eigenvalue weighted by molar-refractivity contribution is -0.169. The average molecular weight is 294 g/mol. The average Bonchev–Trinajstić information content (AvgIpc) is 2.50. The molecule has 0 spiro atoms. The molecule has 0 atom stereocenters. The van der Waals surface area contributed by atoms with E-state index in [1.165, 1.54) is 7.11 Å². The second-order valence-corrected chi connectivity index (χ2v) is 5.57. The van der Waals surface area contributed by atoms with Crippen molar-refractivity contribution >= 4 is 29.3 Å². The summed E-state index contributed by atoms with van der Waals surface area (Å²) in [7, 11) is 2.97. The number of carbonyl (C=O) groups excluding carboxylic acids is 2. The number of carbonyl (C=O) groups is 2. The molecule has 108 valence electrons. The molecule has 6 heteroatoms. The first-order valence-electron chi connectivity index (χ1n) is 6.46. The van der Waals surface area contributed by atoms with Gasteiger partial charge in [-0.1, -0.05) is 12.1 Å². The molecule has 20 heavy (non-hydrogen) atoms. The highest BCUT2D eigenvalue weighted by Crippen LogP contribution is 2.34. The zero-order valence-electron chi connectivity index (χ0n) is 11.7. The van der Waals surface area contributed by atoms with Crippen molar-refractivity contribution < 1.29 is 14.4 Å². The third kappa shape index (κ3) is 3.32. The molecular weight excluding hydrogens is 276 g/mol. The fraction of sp³-hybridized carbons (Fsp3) is 0.429. The molecule has 0 saturated heterocycles. The van der Waals surface area contributed by atoms with Gasteiger partial charge in [-0.25, -0.2) is 5.06 Å². The van der Waals surface area contributed by atoms with Crippen LogP contribution in [-0.4, -0.2) is 43.3 Å². The van der Waals surface area contributed by atoms with Crippen molar-refractivity contribution in [3.63, 3.8) is 0 Å². The highest BCUT2D eigenvalue weighted by molar-refractivity contribution is 7.99. The molecule has 2 rings (SSSR count). The van der Waals surface area contributed by atoms with Crippen LogP contribution in [0.25, 0.3) is 0 Å². The van der Waals surface area contributed by atoms with Gasteiger partial charge in [-0.05, 0) is 12.1 Å². The minimum absolute atomic E-state index is 0.0180. The van der Waals surface area contributed by atoms with E-state index in [0.29, 0.717) is 6.54 Å². The molecule has 0 aliphatic carbocycles. The van der Waals surface area contributed by atoms with Gasteiger partial charge in [0, 0.05) is 37.1 Å². The van der Waals surface area contributed by atoms with Crippen molar-refractivity contribution in [3.05, 3.63) is 24.3 Å². The summed E-state index contributed by atoms with van der Waals surface area (Å²) in [6.45, 7) is 0.689. The van der Waals surface area contributed by atoms with Crippen molar-refractivity contribution in [2.24, 2.45) is 0 Å². The lowest BCUT2D eigenvalue weighted by Crippen LogP contribution is -2.36. The number of anilines is 1. The first kappa shape index (κ1) is 14.9. The van der Waals surface area contributed by atoms with Crippen LogP contribution in [0.5, 0.6) is 0 Å². The SMILES string of the molecule is CON(C)C(=O)CCC(=O)N1CCSc2ccccc21. The maximum Gasteiger partial charge on any atom is 0.246 e. The van der Waals surface area contributed by atoms with Gasteiger partial charge in [-0.15, -0.1) is 11.8 Å². The second kappa shape index (κ2) is 6.76. The molecule has 1 aromatic carbocycles. The van der Waals surface area contributed by atoms with E-state index in [0.717, 1.165) is 21.4 Å². The Labute approximate surface area is 122 Å². The molecule has 0 fully saturated rings. The summed E-state index contributed by atoms with van der Waals surface area (Å²) in [6, 6.07) is 7.86. The first-order chi connectivity index (χ1) is 9.63. The number of hydrogen-bond acceptors (Lipinski definition) is 4. The Morgan fingerprint density at radius 1 is 1.35 bits per heavy atom. The van der Waals surface area contributed by atoms with E-state index in [1.54, 1.807) is 23.7 Å². The Morgan fingerprint density at radius 2 is 2.10 bits per heavy atom. The quantitative estimate of drug-likeness (QED) is 0.796. The monoisotopic (exact) mass is 294 g/mol. The number of hydrogen-bond donors (Lipinski definition) is 0. The number of hydroxylamine groups is 2. The van der Waals surface area contributed by atoms with Crippen molar-refractivity contribution in [2.75, 3.05) is 31.4 Å². The van der Waals surface area contributed by atoms with Crippen LogP contribution < -0.4 is 4.90 Å². The van der Waals surface area contributed by atoms with Crippen LogP contribution >= 0.6 is 11.8 Å². The van der Waals surface area contributed by atoms with E-state index in [4.69, 9.17) is 4.84 Å². The molecule has 5 nitrogen and oxygen atoms in total. The van der Waals surface area contributed by atoms with Gasteiger partial charge in [-0.2, -0.15) is 0 Å². The van der Waals surface area contributed by atoms with Crippen LogP contribution in [-0.2, 0) is 14.4 Å². The van der Waals surface area contributed by atoms with Crippen LogP contribution in [0, 0.1) is 0 Å². The molecule has 1 heterocycles. The number of nitrogens with zero attached hydrogens (tertiary/aromatic N) is 2. The molecule has 2 amide bonds. The molecular formula is C14H18N2O3S. The Balaban J connectivity index is 1.99. The van der Waals surface area contributed by atoms with Gasteiger partial charge in [0.25, 0.3) is 0 Å². The third-order valence-corrected chi connectivity index (χ3v) is 4.25. The van der Waals surface area contributed by atoms with Crippen LogP contribution in [0.2, 0.25) is 0 Å². The Kier molecular flexibility index (Phi) is 5.03. The molecule has 1 aliphatic heterocycles. The molecule has 0 bridgehead atoms. The van der Waals surface area contributed by atoms with E-state index >= 15 is 0 Å². The smallest absolute Gasteiger partial charge is 0.246 e. The van der Waals surface area contributed by atoms with E-state index in [-0.39, 0.29) is 24.7 Å². The highest BCUT2D eigenvalue weighted by Gasteiger charge is 2.23. The molecule has 0 radical (unpaired) electrons. The largest absolute Gasteiger partial charge is 0.310 e. The zero-order valence-corrected chi connectivity index (χ0v) is 12.5. The zero-order chi connectivity index (χ0) is 14.5. The molecule has 0 saturated carbocycles. The second-order valence-electron chi connectivity index (χ2n) is 4.44. The fourth-order valence-corrected chi connectivity index (χ4v) is 3.03. The molecule has 1 aliphatic rings. The highest BCUT2D eigenvalue weighted by atomic mass is 32.2. The predicted molar refractivity (Wildman–Crippen MR) is 78.5 cm³/mol. The molecule has 0 aromatic heterocycles. The van der Waals surface area contributed by atoms with Crippen molar-refractivity contribution in [3.8, 4) is 0 Å². The molecule has 1 aromatic rings. The van der Waals surface area contributed by atoms with Crippen LogP contribution in [0.1, 0.15) is 12.8 Å². The Hall–Kier alpha value is -1.53. The topological polar surface area (TPSA) is 49.9 Å². The van der Waals surface area contributed by atoms with Crippen molar-refractivity contribution in [2.45, 2.75) is 17.7 Å². The van der Waals surface area contributed by atoms with Crippen LogP contribution in [0.4, 0.5) is 5.69 Å². The summed E-state index contributed by atoms with van der Waals surface area (Å²) in [4.78, 5) is 31.6. The van der Waals surface area contributed by atoms with Gasteiger partial charge in [0.1, 0.15) is 0 Å². The van der Waals surface area contributed by atoms with E-state index in [9.17, 15) is 9.59 Å². The standard InChI is InChI=1S/C14H18N2O3S/c1-15(19-2)13(17)7-8-14(18)16-9-10-20-12-6-4-3-5-11(12)16/h3-6H,7-10H2,1-2H3. The summed E-state index contributed by atoms with van der Waals surface area (Å²) in [5.41, 5.74) is 0.946.